The van der Waals surface area contributed by atoms with Crippen molar-refractivity contribution < 1.29 is 0 Å². The van der Waals surface area contributed by atoms with E-state index < -0.39 is 0 Å². The van der Waals surface area contributed by atoms with Crippen LogP contribution in [0.5, 0.6) is 0 Å². The molecule has 0 aromatic carbocycles. The van der Waals surface area contributed by atoms with Gasteiger partial charge in [-0.2, -0.15) is 0 Å². The van der Waals surface area contributed by atoms with Crippen LogP contribution in [0.1, 0.15) is 62.9 Å². The predicted molar refractivity (Wildman–Crippen MR) is 69.3 cm³/mol. The van der Waals surface area contributed by atoms with Crippen molar-refractivity contribution in [3.05, 3.63) is 17.7 Å². The number of H-pyrrole nitrogens is 1. The van der Waals surface area contributed by atoms with Crippen molar-refractivity contribution in [1.82, 2.24) is 15.3 Å². The van der Waals surface area contributed by atoms with Gasteiger partial charge < -0.3 is 10.3 Å². The Bertz CT molecular complexity index is 371. The molecule has 0 radical (unpaired) electrons. The summed E-state index contributed by atoms with van der Waals surface area (Å²) in [5.74, 6) is 1.81. The Labute approximate surface area is 103 Å². The number of piperidine rings is 1. The Morgan fingerprint density at radius 3 is 2.82 bits per heavy atom. The molecule has 2 fully saturated rings. The quantitative estimate of drug-likeness (QED) is 0.824. The van der Waals surface area contributed by atoms with E-state index in [4.69, 9.17) is 0 Å². The van der Waals surface area contributed by atoms with Gasteiger partial charge in [0.25, 0.3) is 0 Å². The van der Waals surface area contributed by atoms with Gasteiger partial charge >= 0.3 is 0 Å². The molecule has 1 unspecified atom stereocenters. The number of aromatic amines is 1. The number of nitrogens with one attached hydrogen (secondary N) is 2. The molecule has 3 heteroatoms. The first-order valence-corrected chi connectivity index (χ1v) is 7.04. The minimum atomic E-state index is 0.368. The Balaban J connectivity index is 1.77. The highest BCUT2D eigenvalue weighted by molar-refractivity contribution is 5.17. The first kappa shape index (κ1) is 11.3. The second-order valence-corrected chi connectivity index (χ2v) is 5.99. The fourth-order valence-corrected chi connectivity index (χ4v) is 3.36. The van der Waals surface area contributed by atoms with Crippen molar-refractivity contribution in [2.24, 2.45) is 0 Å². The average Bonchev–Trinajstić information content (AvgIpc) is 2.99. The van der Waals surface area contributed by atoms with Gasteiger partial charge in [0.2, 0.25) is 0 Å². The van der Waals surface area contributed by atoms with Gasteiger partial charge in [-0.15, -0.1) is 0 Å². The van der Waals surface area contributed by atoms with Gasteiger partial charge in [0.15, 0.2) is 0 Å². The summed E-state index contributed by atoms with van der Waals surface area (Å²) in [6, 6.07) is 0. The maximum Gasteiger partial charge on any atom is 0.110 e. The summed E-state index contributed by atoms with van der Waals surface area (Å²) < 4.78 is 0. The van der Waals surface area contributed by atoms with E-state index in [9.17, 15) is 0 Å². The van der Waals surface area contributed by atoms with E-state index in [0.29, 0.717) is 11.3 Å². The topological polar surface area (TPSA) is 40.7 Å². The molecule has 1 saturated heterocycles. The molecule has 1 aromatic rings. The minimum absolute atomic E-state index is 0.368. The van der Waals surface area contributed by atoms with E-state index in [-0.39, 0.29) is 0 Å². The van der Waals surface area contributed by atoms with Crippen LogP contribution in [0.2, 0.25) is 0 Å². The van der Waals surface area contributed by atoms with Crippen molar-refractivity contribution in [2.75, 3.05) is 13.1 Å². The smallest absolute Gasteiger partial charge is 0.110 e. The summed E-state index contributed by atoms with van der Waals surface area (Å²) in [6.07, 6.45) is 10.0. The maximum atomic E-state index is 4.63. The Morgan fingerprint density at radius 2 is 2.12 bits per heavy atom. The zero-order chi connectivity index (χ0) is 11.7. The van der Waals surface area contributed by atoms with Crippen molar-refractivity contribution >= 4 is 0 Å². The molecule has 1 atom stereocenters. The first-order valence-electron chi connectivity index (χ1n) is 7.04. The molecule has 3 nitrogen and oxygen atoms in total. The van der Waals surface area contributed by atoms with E-state index in [0.717, 1.165) is 6.54 Å². The van der Waals surface area contributed by atoms with Gasteiger partial charge in [0.1, 0.15) is 5.82 Å². The third-order valence-corrected chi connectivity index (χ3v) is 4.64. The van der Waals surface area contributed by atoms with Crippen LogP contribution in [-0.4, -0.2) is 23.1 Å². The highest BCUT2D eigenvalue weighted by atomic mass is 15.0. The lowest BCUT2D eigenvalue weighted by atomic mass is 9.86. The molecule has 2 N–H and O–H groups in total. The molecule has 2 aliphatic rings. The molecule has 1 aromatic heterocycles. The van der Waals surface area contributed by atoms with Gasteiger partial charge in [0.05, 0.1) is 0 Å². The third kappa shape index (κ3) is 2.13. The molecule has 2 heterocycles. The molecule has 0 amide bonds. The van der Waals surface area contributed by atoms with E-state index in [2.05, 4.69) is 28.4 Å². The average molecular weight is 233 g/mol. The van der Waals surface area contributed by atoms with Crippen LogP contribution >= 0.6 is 0 Å². The normalized spacial score (nSPS) is 28.4. The fourth-order valence-electron chi connectivity index (χ4n) is 3.36. The number of hydrogen-bond donors (Lipinski definition) is 2. The van der Waals surface area contributed by atoms with Gasteiger partial charge in [0, 0.05) is 29.8 Å². The number of hydrogen-bond acceptors (Lipinski definition) is 2. The summed E-state index contributed by atoms with van der Waals surface area (Å²) in [7, 11) is 0. The number of nitrogens with zero attached hydrogens (tertiary/aromatic N) is 1. The van der Waals surface area contributed by atoms with Crippen LogP contribution in [0.4, 0.5) is 0 Å². The molecular weight excluding hydrogens is 210 g/mol. The summed E-state index contributed by atoms with van der Waals surface area (Å²) >= 11 is 0. The maximum absolute atomic E-state index is 4.63. The van der Waals surface area contributed by atoms with E-state index >= 15 is 0 Å². The molecule has 0 bridgehead atoms. The number of rotatable bonds is 2. The van der Waals surface area contributed by atoms with Crippen molar-refractivity contribution in [1.29, 1.82) is 0 Å². The lowest BCUT2D eigenvalue weighted by molar-refractivity contribution is 0.443. The SMILES string of the molecule is CC1(c2cnc(C3CCCNC3)[nH]2)CCCC1. The Morgan fingerprint density at radius 1 is 1.29 bits per heavy atom. The molecule has 1 aliphatic heterocycles. The molecule has 94 valence electrons. The molecular formula is C14H23N3. The van der Waals surface area contributed by atoms with E-state index in [1.165, 1.54) is 56.6 Å². The van der Waals surface area contributed by atoms with Gasteiger partial charge in [-0.05, 0) is 32.2 Å². The van der Waals surface area contributed by atoms with Gasteiger partial charge in [-0.3, -0.25) is 0 Å². The van der Waals surface area contributed by atoms with Crippen LogP contribution in [0, 0.1) is 0 Å². The first-order chi connectivity index (χ1) is 8.28. The lowest BCUT2D eigenvalue weighted by Crippen LogP contribution is -2.29. The minimum Gasteiger partial charge on any atom is -0.345 e. The number of imidazole rings is 1. The zero-order valence-corrected chi connectivity index (χ0v) is 10.8. The second-order valence-electron chi connectivity index (χ2n) is 5.99. The fraction of sp³-hybridized carbons (Fsp3) is 0.786. The van der Waals surface area contributed by atoms with Crippen LogP contribution in [0.25, 0.3) is 0 Å². The molecule has 1 saturated carbocycles. The summed E-state index contributed by atoms with van der Waals surface area (Å²) in [5.41, 5.74) is 1.74. The van der Waals surface area contributed by atoms with Crippen LogP contribution < -0.4 is 5.32 Å². The zero-order valence-electron chi connectivity index (χ0n) is 10.8. The van der Waals surface area contributed by atoms with Crippen molar-refractivity contribution in [3.8, 4) is 0 Å². The Kier molecular flexibility index (Phi) is 2.95. The van der Waals surface area contributed by atoms with Crippen molar-refractivity contribution in [2.45, 2.75) is 56.8 Å². The predicted octanol–water partition coefficient (Wildman–Crippen LogP) is 2.71. The molecule has 1 aliphatic carbocycles. The lowest BCUT2D eigenvalue weighted by Gasteiger charge is -2.23. The molecule has 3 rings (SSSR count). The van der Waals surface area contributed by atoms with Crippen LogP contribution in [0.3, 0.4) is 0 Å². The Hall–Kier alpha value is -0.830. The largest absolute Gasteiger partial charge is 0.345 e. The van der Waals surface area contributed by atoms with E-state index in [1.54, 1.807) is 0 Å². The van der Waals surface area contributed by atoms with E-state index in [1.807, 2.05) is 0 Å². The van der Waals surface area contributed by atoms with Crippen LogP contribution in [0.15, 0.2) is 6.20 Å². The van der Waals surface area contributed by atoms with Gasteiger partial charge in [-0.1, -0.05) is 19.8 Å². The van der Waals surface area contributed by atoms with Crippen LogP contribution in [-0.2, 0) is 5.41 Å². The standard InChI is InChI=1S/C14H23N3/c1-14(6-2-3-7-14)12-10-16-13(17-12)11-5-4-8-15-9-11/h10-11,15H,2-9H2,1H3,(H,16,17). The third-order valence-electron chi connectivity index (χ3n) is 4.64. The number of aromatic nitrogens is 2. The highest BCUT2D eigenvalue weighted by Crippen LogP contribution is 2.40. The summed E-state index contributed by atoms with van der Waals surface area (Å²) in [4.78, 5) is 8.25. The molecule has 0 spiro atoms. The monoisotopic (exact) mass is 233 g/mol. The second kappa shape index (κ2) is 4.45. The highest BCUT2D eigenvalue weighted by Gasteiger charge is 2.32. The van der Waals surface area contributed by atoms with Crippen molar-refractivity contribution in [3.63, 3.8) is 0 Å². The molecule has 17 heavy (non-hydrogen) atoms. The van der Waals surface area contributed by atoms with Gasteiger partial charge in [-0.25, -0.2) is 4.98 Å². The summed E-state index contributed by atoms with van der Waals surface area (Å²) in [6.45, 7) is 4.64. The summed E-state index contributed by atoms with van der Waals surface area (Å²) in [5, 5.41) is 3.46.